The molecule has 1 fully saturated rings. The van der Waals surface area contributed by atoms with E-state index in [1.165, 1.54) is 0 Å². The van der Waals surface area contributed by atoms with Crippen molar-refractivity contribution in [2.24, 2.45) is 0 Å². The van der Waals surface area contributed by atoms with Crippen molar-refractivity contribution in [3.63, 3.8) is 0 Å². The molecule has 0 saturated heterocycles. The van der Waals surface area contributed by atoms with Gasteiger partial charge in [-0.2, -0.15) is 0 Å². The number of halogens is 2. The average molecular weight is 243 g/mol. The van der Waals surface area contributed by atoms with Crippen LogP contribution in [0.2, 0.25) is 0 Å². The van der Waals surface area contributed by atoms with E-state index in [-0.39, 0.29) is 5.56 Å². The summed E-state index contributed by atoms with van der Waals surface area (Å²) in [5.74, 6) is -2.60. The Balaban J connectivity index is 2.43. The van der Waals surface area contributed by atoms with Gasteiger partial charge in [0.05, 0.1) is 19.5 Å². The van der Waals surface area contributed by atoms with E-state index in [0.717, 1.165) is 19.5 Å². The van der Waals surface area contributed by atoms with Crippen molar-refractivity contribution >= 4 is 5.97 Å². The number of rotatable bonds is 3. The van der Waals surface area contributed by atoms with Crippen molar-refractivity contribution in [2.75, 3.05) is 7.11 Å². The summed E-state index contributed by atoms with van der Waals surface area (Å²) >= 11 is 0. The summed E-state index contributed by atoms with van der Waals surface area (Å²) in [7, 11) is 1.11. The number of aliphatic hydroxyl groups excluding tert-OH is 1. The zero-order valence-corrected chi connectivity index (χ0v) is 9.11. The van der Waals surface area contributed by atoms with Gasteiger partial charge < -0.3 is 9.84 Å². The first kappa shape index (κ1) is 11.9. The molecule has 1 N–H and O–H groups in total. The molecule has 1 aromatic heterocycles. The highest BCUT2D eigenvalue weighted by molar-refractivity contribution is 5.77. The molecule has 1 atom stereocenters. The average Bonchev–Trinajstić information content (AvgIpc) is 3.08. The van der Waals surface area contributed by atoms with Gasteiger partial charge in [-0.1, -0.05) is 0 Å². The fourth-order valence-corrected chi connectivity index (χ4v) is 2.02. The van der Waals surface area contributed by atoms with Crippen molar-refractivity contribution in [1.82, 2.24) is 4.98 Å². The van der Waals surface area contributed by atoms with E-state index in [1.807, 2.05) is 0 Å². The van der Waals surface area contributed by atoms with Crippen LogP contribution >= 0.6 is 0 Å². The van der Waals surface area contributed by atoms with Gasteiger partial charge in [0.15, 0.2) is 6.10 Å². The molecule has 0 spiro atoms. The predicted octanol–water partition coefficient (Wildman–Crippen LogP) is 0.925. The first-order valence-electron chi connectivity index (χ1n) is 5.08. The highest BCUT2D eigenvalue weighted by Crippen LogP contribution is 2.52. The van der Waals surface area contributed by atoms with Gasteiger partial charge in [-0.05, 0) is 12.8 Å². The Labute approximate surface area is 96.2 Å². The molecule has 2 rings (SSSR count). The van der Waals surface area contributed by atoms with Gasteiger partial charge in [-0.3, -0.25) is 4.98 Å². The monoisotopic (exact) mass is 243 g/mol. The van der Waals surface area contributed by atoms with Crippen LogP contribution in [0.25, 0.3) is 0 Å². The van der Waals surface area contributed by atoms with Crippen molar-refractivity contribution in [3.05, 3.63) is 29.6 Å². The maximum atomic E-state index is 13.5. The zero-order chi connectivity index (χ0) is 12.6. The number of methoxy groups -OCH3 is 1. The van der Waals surface area contributed by atoms with E-state index >= 15 is 0 Å². The number of carbonyl (C=O) groups excluding carboxylic acids is 1. The van der Waals surface area contributed by atoms with Crippen LogP contribution in [-0.4, -0.2) is 29.3 Å². The third kappa shape index (κ3) is 1.78. The zero-order valence-electron chi connectivity index (χ0n) is 9.11. The van der Waals surface area contributed by atoms with Gasteiger partial charge in [0.2, 0.25) is 0 Å². The number of carbonyl (C=O) groups is 1. The van der Waals surface area contributed by atoms with Gasteiger partial charge >= 0.3 is 5.97 Å². The molecule has 92 valence electrons. The van der Waals surface area contributed by atoms with Crippen LogP contribution in [0.4, 0.5) is 8.78 Å². The number of aliphatic hydroxyl groups is 1. The van der Waals surface area contributed by atoms with E-state index in [0.29, 0.717) is 12.8 Å². The molecule has 6 heteroatoms. The van der Waals surface area contributed by atoms with Crippen LogP contribution in [0.1, 0.15) is 18.4 Å². The third-order valence-corrected chi connectivity index (χ3v) is 3.09. The lowest BCUT2D eigenvalue weighted by Crippen LogP contribution is -2.36. The summed E-state index contributed by atoms with van der Waals surface area (Å²) in [6.45, 7) is 0. The minimum Gasteiger partial charge on any atom is -0.467 e. The number of ether oxygens (including phenoxy) is 1. The molecule has 0 aliphatic heterocycles. The highest BCUT2D eigenvalue weighted by atomic mass is 19.1. The van der Waals surface area contributed by atoms with Crippen molar-refractivity contribution in [3.8, 4) is 0 Å². The molecule has 1 heterocycles. The molecule has 0 amide bonds. The second kappa shape index (κ2) is 4.03. The molecular weight excluding hydrogens is 232 g/mol. The maximum absolute atomic E-state index is 13.5. The second-order valence-electron chi connectivity index (χ2n) is 4.06. The Hall–Kier alpha value is -1.56. The summed E-state index contributed by atoms with van der Waals surface area (Å²) < 4.78 is 31.5. The number of aromatic nitrogens is 1. The van der Waals surface area contributed by atoms with Gasteiger partial charge in [-0.25, -0.2) is 13.6 Å². The minimum atomic E-state index is -1.56. The Morgan fingerprint density at radius 2 is 2.00 bits per heavy atom. The van der Waals surface area contributed by atoms with Gasteiger partial charge in [-0.15, -0.1) is 0 Å². The summed E-state index contributed by atoms with van der Waals surface area (Å²) in [5.41, 5.74) is -1.49. The lowest BCUT2D eigenvalue weighted by molar-refractivity contribution is -0.152. The Kier molecular flexibility index (Phi) is 2.82. The molecule has 1 aromatic rings. The number of hydrogen-bond acceptors (Lipinski definition) is 4. The van der Waals surface area contributed by atoms with Crippen LogP contribution in [-0.2, 0) is 14.9 Å². The third-order valence-electron chi connectivity index (χ3n) is 3.09. The van der Waals surface area contributed by atoms with Crippen molar-refractivity contribution in [2.45, 2.75) is 24.4 Å². The molecular formula is C11H11F2NO3. The molecule has 0 radical (unpaired) electrons. The van der Waals surface area contributed by atoms with Crippen molar-refractivity contribution in [1.29, 1.82) is 0 Å². The smallest absolute Gasteiger partial charge is 0.335 e. The summed E-state index contributed by atoms with van der Waals surface area (Å²) in [4.78, 5) is 14.6. The fraction of sp³-hybridized carbons (Fsp3) is 0.455. The maximum Gasteiger partial charge on any atom is 0.335 e. The lowest BCUT2D eigenvalue weighted by atomic mass is 9.90. The van der Waals surface area contributed by atoms with E-state index in [4.69, 9.17) is 0 Å². The summed E-state index contributed by atoms with van der Waals surface area (Å²) in [6, 6.07) is 0. The molecule has 1 unspecified atom stereocenters. The second-order valence-corrected chi connectivity index (χ2v) is 4.06. The van der Waals surface area contributed by atoms with Crippen LogP contribution in [0.15, 0.2) is 12.4 Å². The minimum absolute atomic E-state index is 0.287. The predicted molar refractivity (Wildman–Crippen MR) is 53.1 cm³/mol. The fourth-order valence-electron chi connectivity index (χ4n) is 2.02. The highest BCUT2D eigenvalue weighted by Gasteiger charge is 2.56. The molecule has 1 aliphatic carbocycles. The largest absolute Gasteiger partial charge is 0.467 e. The lowest BCUT2D eigenvalue weighted by Gasteiger charge is -2.21. The Morgan fingerprint density at radius 3 is 2.41 bits per heavy atom. The molecule has 17 heavy (non-hydrogen) atoms. The SMILES string of the molecule is COC(=O)C(O)C1(c2c(F)cncc2F)CC1. The van der Waals surface area contributed by atoms with E-state index in [2.05, 4.69) is 9.72 Å². The number of nitrogens with zero attached hydrogens (tertiary/aromatic N) is 1. The first-order valence-corrected chi connectivity index (χ1v) is 5.08. The van der Waals surface area contributed by atoms with E-state index in [1.54, 1.807) is 0 Å². The quantitative estimate of drug-likeness (QED) is 0.802. The Morgan fingerprint density at radius 1 is 1.47 bits per heavy atom. The molecule has 4 nitrogen and oxygen atoms in total. The molecule has 0 aromatic carbocycles. The van der Waals surface area contributed by atoms with Crippen LogP contribution in [0.3, 0.4) is 0 Å². The van der Waals surface area contributed by atoms with Crippen LogP contribution < -0.4 is 0 Å². The van der Waals surface area contributed by atoms with Gasteiger partial charge in [0, 0.05) is 11.0 Å². The number of hydrogen-bond donors (Lipinski definition) is 1. The molecule has 0 bridgehead atoms. The summed E-state index contributed by atoms with van der Waals surface area (Å²) in [5, 5.41) is 9.78. The molecule has 1 aliphatic rings. The number of esters is 1. The van der Waals surface area contributed by atoms with Gasteiger partial charge in [0.1, 0.15) is 11.6 Å². The van der Waals surface area contributed by atoms with E-state index in [9.17, 15) is 18.7 Å². The van der Waals surface area contributed by atoms with Crippen LogP contribution in [0, 0.1) is 11.6 Å². The van der Waals surface area contributed by atoms with Crippen LogP contribution in [0.5, 0.6) is 0 Å². The van der Waals surface area contributed by atoms with Gasteiger partial charge in [0.25, 0.3) is 0 Å². The normalized spacial score (nSPS) is 18.6. The molecule has 1 saturated carbocycles. The standard InChI is InChI=1S/C11H11F2NO3/c1-17-10(16)9(15)11(2-3-11)8-6(12)4-14-5-7(8)13/h4-5,9,15H,2-3H2,1H3. The van der Waals surface area contributed by atoms with E-state index < -0.39 is 29.1 Å². The Bertz CT molecular complexity index is 440. The summed E-state index contributed by atoms with van der Waals surface area (Å²) in [6.07, 6.45) is 0.839. The first-order chi connectivity index (χ1) is 8.03. The topological polar surface area (TPSA) is 59.4 Å². The van der Waals surface area contributed by atoms with Crippen molar-refractivity contribution < 1.29 is 23.4 Å². The number of pyridine rings is 1.